The van der Waals surface area contributed by atoms with Crippen molar-refractivity contribution in [1.29, 1.82) is 0 Å². The van der Waals surface area contributed by atoms with Gasteiger partial charge in [-0.1, -0.05) is 48.0 Å². The number of benzene rings is 2. The molecular formula is C21H21ClN4O2. The van der Waals surface area contributed by atoms with E-state index in [-0.39, 0.29) is 18.2 Å². The number of halogens is 1. The lowest BCUT2D eigenvalue weighted by Gasteiger charge is -2.40. The van der Waals surface area contributed by atoms with Gasteiger partial charge >= 0.3 is 0 Å². The summed E-state index contributed by atoms with van der Waals surface area (Å²) in [4.78, 5) is 26.2. The molecule has 0 spiro atoms. The SMILES string of the molecule is CN(C)C(=O)CC1(Cl)NN(c2ccccc2)C(=O)c2c1c1ccccc1n2C. The Morgan fingerprint density at radius 3 is 2.43 bits per heavy atom. The number of hydrogen-bond donors (Lipinski definition) is 1. The molecule has 28 heavy (non-hydrogen) atoms. The third kappa shape index (κ3) is 2.77. The van der Waals surface area contributed by atoms with Gasteiger partial charge in [-0.25, -0.2) is 10.4 Å². The van der Waals surface area contributed by atoms with Crippen molar-refractivity contribution < 1.29 is 9.59 Å². The van der Waals surface area contributed by atoms with Gasteiger partial charge in [0.05, 0.1) is 12.1 Å². The maximum atomic E-state index is 13.4. The van der Waals surface area contributed by atoms with Gasteiger partial charge < -0.3 is 9.47 Å². The van der Waals surface area contributed by atoms with Crippen molar-refractivity contribution >= 4 is 40.0 Å². The molecule has 144 valence electrons. The fourth-order valence-corrected chi connectivity index (χ4v) is 4.08. The molecule has 2 amide bonds. The van der Waals surface area contributed by atoms with Crippen LogP contribution < -0.4 is 10.4 Å². The molecule has 0 bridgehead atoms. The third-order valence-electron chi connectivity index (χ3n) is 5.11. The minimum absolute atomic E-state index is 0.000817. The first kappa shape index (κ1) is 18.5. The third-order valence-corrected chi connectivity index (χ3v) is 5.51. The molecular weight excluding hydrogens is 376 g/mol. The zero-order valence-electron chi connectivity index (χ0n) is 15.9. The van der Waals surface area contributed by atoms with Crippen LogP contribution in [0, 0.1) is 0 Å². The lowest BCUT2D eigenvalue weighted by molar-refractivity contribution is -0.129. The standard InChI is InChI=1S/C21H21ClN4O2/c1-24(2)17(27)13-21(22)18-15-11-7-8-12-16(15)25(3)19(18)20(28)26(23-21)14-9-5-4-6-10-14/h4-12,23H,13H2,1-3H3. The zero-order valence-corrected chi connectivity index (χ0v) is 16.7. The topological polar surface area (TPSA) is 57.6 Å². The predicted molar refractivity (Wildman–Crippen MR) is 110 cm³/mol. The first-order valence-electron chi connectivity index (χ1n) is 8.98. The second-order valence-electron chi connectivity index (χ2n) is 7.15. The van der Waals surface area contributed by atoms with E-state index in [9.17, 15) is 9.59 Å². The van der Waals surface area contributed by atoms with Crippen LogP contribution in [0.3, 0.4) is 0 Å². The summed E-state index contributed by atoms with van der Waals surface area (Å²) in [5.74, 6) is -0.350. The van der Waals surface area contributed by atoms with Gasteiger partial charge in [0, 0.05) is 37.6 Å². The zero-order chi connectivity index (χ0) is 20.1. The Kier molecular flexibility index (Phi) is 4.40. The van der Waals surface area contributed by atoms with Gasteiger partial charge in [-0.05, 0) is 18.2 Å². The number of alkyl halides is 1. The molecule has 1 N–H and O–H groups in total. The second kappa shape index (κ2) is 6.65. The van der Waals surface area contributed by atoms with Crippen LogP contribution in [0.4, 0.5) is 5.69 Å². The van der Waals surface area contributed by atoms with E-state index >= 15 is 0 Å². The van der Waals surface area contributed by atoms with Gasteiger partial charge in [-0.15, -0.1) is 0 Å². The average Bonchev–Trinajstić information content (AvgIpc) is 3.00. The summed E-state index contributed by atoms with van der Waals surface area (Å²) >= 11 is 7.08. The number of nitrogens with one attached hydrogen (secondary N) is 1. The maximum Gasteiger partial charge on any atom is 0.289 e. The Morgan fingerprint density at radius 1 is 1.11 bits per heavy atom. The number of anilines is 1. The van der Waals surface area contributed by atoms with Crippen LogP contribution in [0.5, 0.6) is 0 Å². The molecule has 0 saturated heterocycles. The number of para-hydroxylation sites is 2. The highest BCUT2D eigenvalue weighted by Crippen LogP contribution is 2.43. The molecule has 0 fully saturated rings. The minimum Gasteiger partial charge on any atom is -0.349 e. The van der Waals surface area contributed by atoms with Gasteiger partial charge in [-0.3, -0.25) is 9.59 Å². The molecule has 1 aliphatic heterocycles. The number of carbonyl (C=O) groups is 2. The van der Waals surface area contributed by atoms with Crippen molar-refractivity contribution in [2.75, 3.05) is 19.1 Å². The predicted octanol–water partition coefficient (Wildman–Crippen LogP) is 3.21. The van der Waals surface area contributed by atoms with Crippen molar-refractivity contribution in [3.05, 3.63) is 65.9 Å². The quantitative estimate of drug-likeness (QED) is 0.546. The van der Waals surface area contributed by atoms with Gasteiger partial charge in [0.2, 0.25) is 5.91 Å². The highest BCUT2D eigenvalue weighted by atomic mass is 35.5. The summed E-state index contributed by atoms with van der Waals surface area (Å²) in [5, 5.41) is 2.28. The van der Waals surface area contributed by atoms with Crippen LogP contribution in [0.2, 0.25) is 0 Å². The molecule has 2 aromatic carbocycles. The molecule has 2 heterocycles. The fourth-order valence-electron chi connectivity index (χ4n) is 3.69. The normalized spacial score (nSPS) is 19.0. The fraction of sp³-hybridized carbons (Fsp3) is 0.238. The van der Waals surface area contributed by atoms with Crippen molar-refractivity contribution in [3.63, 3.8) is 0 Å². The smallest absolute Gasteiger partial charge is 0.289 e. The molecule has 0 radical (unpaired) electrons. The summed E-state index contributed by atoms with van der Waals surface area (Å²) in [6.45, 7) is 0. The molecule has 1 atom stereocenters. The Morgan fingerprint density at radius 2 is 1.75 bits per heavy atom. The van der Waals surface area contributed by atoms with E-state index in [4.69, 9.17) is 11.6 Å². The van der Waals surface area contributed by atoms with E-state index in [1.165, 1.54) is 9.91 Å². The number of rotatable bonds is 3. The van der Waals surface area contributed by atoms with E-state index in [0.717, 1.165) is 10.9 Å². The van der Waals surface area contributed by atoms with Crippen molar-refractivity contribution in [2.24, 2.45) is 7.05 Å². The summed E-state index contributed by atoms with van der Waals surface area (Å²) in [6.07, 6.45) is -0.000817. The molecule has 6 nitrogen and oxygen atoms in total. The maximum absolute atomic E-state index is 13.4. The summed E-state index contributed by atoms with van der Waals surface area (Å²) < 4.78 is 1.85. The number of fused-ring (bicyclic) bond motifs is 3. The first-order chi connectivity index (χ1) is 13.3. The number of carbonyl (C=O) groups excluding carboxylic acids is 2. The van der Waals surface area contributed by atoms with Crippen LogP contribution in [-0.2, 0) is 16.8 Å². The first-order valence-corrected chi connectivity index (χ1v) is 9.35. The molecule has 1 unspecified atom stereocenters. The van der Waals surface area contributed by atoms with E-state index in [1.807, 2.05) is 66.2 Å². The summed E-state index contributed by atoms with van der Waals surface area (Å²) in [6, 6.07) is 16.9. The number of hydrazine groups is 1. The Hall–Kier alpha value is -2.83. The van der Waals surface area contributed by atoms with E-state index in [0.29, 0.717) is 16.9 Å². The molecule has 1 aliphatic rings. The average molecular weight is 397 g/mol. The van der Waals surface area contributed by atoms with E-state index in [2.05, 4.69) is 5.43 Å². The van der Waals surface area contributed by atoms with Crippen molar-refractivity contribution in [1.82, 2.24) is 14.9 Å². The van der Waals surface area contributed by atoms with Crippen LogP contribution in [0.25, 0.3) is 10.9 Å². The molecule has 4 rings (SSSR count). The van der Waals surface area contributed by atoms with Crippen LogP contribution in [-0.4, -0.2) is 35.4 Å². The minimum atomic E-state index is -1.26. The van der Waals surface area contributed by atoms with Crippen LogP contribution in [0.1, 0.15) is 22.5 Å². The lowest BCUT2D eigenvalue weighted by atomic mass is 9.96. The van der Waals surface area contributed by atoms with Crippen LogP contribution in [0.15, 0.2) is 54.6 Å². The molecule has 0 aliphatic carbocycles. The molecule has 1 aromatic heterocycles. The number of aryl methyl sites for hydroxylation is 1. The molecule has 7 heteroatoms. The Balaban J connectivity index is 1.96. The van der Waals surface area contributed by atoms with Crippen LogP contribution >= 0.6 is 11.6 Å². The van der Waals surface area contributed by atoms with E-state index < -0.39 is 5.00 Å². The largest absolute Gasteiger partial charge is 0.349 e. The summed E-state index contributed by atoms with van der Waals surface area (Å²) in [5.41, 5.74) is 5.79. The van der Waals surface area contributed by atoms with E-state index in [1.54, 1.807) is 14.1 Å². The van der Waals surface area contributed by atoms with Gasteiger partial charge in [0.1, 0.15) is 10.7 Å². The Labute approximate surface area is 168 Å². The second-order valence-corrected chi connectivity index (χ2v) is 7.80. The number of aromatic nitrogens is 1. The van der Waals surface area contributed by atoms with Gasteiger partial charge in [0.25, 0.3) is 5.91 Å². The Bertz CT molecular complexity index is 1080. The highest BCUT2D eigenvalue weighted by Gasteiger charge is 2.47. The van der Waals surface area contributed by atoms with Gasteiger partial charge in [0.15, 0.2) is 0 Å². The lowest BCUT2D eigenvalue weighted by Crippen LogP contribution is -2.58. The number of amides is 2. The molecule has 3 aromatic rings. The van der Waals surface area contributed by atoms with Crippen molar-refractivity contribution in [3.8, 4) is 0 Å². The summed E-state index contributed by atoms with van der Waals surface area (Å²) in [7, 11) is 5.23. The monoisotopic (exact) mass is 396 g/mol. The van der Waals surface area contributed by atoms with Gasteiger partial charge in [-0.2, -0.15) is 0 Å². The van der Waals surface area contributed by atoms with Crippen molar-refractivity contribution in [2.45, 2.75) is 11.4 Å². The number of hydrogen-bond acceptors (Lipinski definition) is 3. The molecule has 0 saturated carbocycles. The number of nitrogens with zero attached hydrogens (tertiary/aromatic N) is 3. The highest BCUT2D eigenvalue weighted by molar-refractivity contribution is 6.29.